The van der Waals surface area contributed by atoms with Crippen LogP contribution in [0.5, 0.6) is 5.75 Å². The quantitative estimate of drug-likeness (QED) is 0.425. The summed E-state index contributed by atoms with van der Waals surface area (Å²) in [5.74, 6) is 0.374. The zero-order valence-electron chi connectivity index (χ0n) is 9.07. The molecule has 76 valence electrons. The van der Waals surface area contributed by atoms with Gasteiger partial charge >= 0.3 is 5.97 Å². The minimum absolute atomic E-state index is 0.269. The van der Waals surface area contributed by atoms with Gasteiger partial charge in [0, 0.05) is 20.3 Å². The first-order chi connectivity index (χ1) is 6.39. The summed E-state index contributed by atoms with van der Waals surface area (Å²) in [7, 11) is -1.03. The van der Waals surface area contributed by atoms with Gasteiger partial charge in [0.05, 0.1) is 25.3 Å². The van der Waals surface area contributed by atoms with Gasteiger partial charge in [0.15, 0.2) is 0 Å². The molecule has 0 amide bonds. The molecule has 0 saturated carbocycles. The molecule has 1 aromatic rings. The van der Waals surface area contributed by atoms with Crippen LogP contribution in [-0.2, 0) is 4.79 Å². The maximum atomic E-state index is 10.8. The van der Waals surface area contributed by atoms with E-state index in [9.17, 15) is 4.79 Å². The lowest BCUT2D eigenvalue weighted by Crippen LogP contribution is -2.09. The highest BCUT2D eigenvalue weighted by Gasteiger charge is 2.21. The van der Waals surface area contributed by atoms with Crippen LogP contribution in [-0.4, -0.2) is 26.0 Å². The van der Waals surface area contributed by atoms with Gasteiger partial charge in [-0.15, -0.1) is 0 Å². The molecule has 0 fully saturated rings. The molecule has 0 radical (unpaired) electrons. The molecule has 0 saturated heterocycles. The van der Waals surface area contributed by atoms with Gasteiger partial charge in [-0.2, -0.15) is 0 Å². The SMILES string of the molecule is CC(=O)Oc1cccc([P+](C)(C)C)c1. The summed E-state index contributed by atoms with van der Waals surface area (Å²) >= 11 is 0. The summed E-state index contributed by atoms with van der Waals surface area (Å²) in [6, 6.07) is 7.77. The van der Waals surface area contributed by atoms with E-state index in [2.05, 4.69) is 26.1 Å². The van der Waals surface area contributed by atoms with Crippen molar-refractivity contribution in [3.05, 3.63) is 24.3 Å². The van der Waals surface area contributed by atoms with Gasteiger partial charge in [-0.05, 0) is 12.1 Å². The Morgan fingerprint density at radius 3 is 2.43 bits per heavy atom. The summed E-state index contributed by atoms with van der Waals surface area (Å²) in [4.78, 5) is 10.8. The molecule has 1 aromatic carbocycles. The van der Waals surface area contributed by atoms with Crippen LogP contribution >= 0.6 is 7.26 Å². The third kappa shape index (κ3) is 3.12. The minimum atomic E-state index is -1.03. The number of carbonyl (C=O) groups excluding carboxylic acids is 1. The van der Waals surface area contributed by atoms with Crippen molar-refractivity contribution in [2.24, 2.45) is 0 Å². The average molecular weight is 211 g/mol. The fourth-order valence-electron chi connectivity index (χ4n) is 1.13. The molecular weight excluding hydrogens is 195 g/mol. The van der Waals surface area contributed by atoms with Crippen LogP contribution < -0.4 is 10.0 Å². The Kier molecular flexibility index (Phi) is 3.28. The first-order valence-electron chi connectivity index (χ1n) is 4.50. The predicted octanol–water partition coefficient (Wildman–Crippen LogP) is 2.14. The first kappa shape index (κ1) is 11.2. The van der Waals surface area contributed by atoms with E-state index in [1.165, 1.54) is 12.2 Å². The van der Waals surface area contributed by atoms with Crippen molar-refractivity contribution in [1.82, 2.24) is 0 Å². The molecule has 0 aliphatic rings. The number of hydrogen-bond donors (Lipinski definition) is 0. The van der Waals surface area contributed by atoms with Crippen molar-refractivity contribution in [2.45, 2.75) is 6.92 Å². The molecular formula is C11H16O2P+. The van der Waals surface area contributed by atoms with E-state index in [0.717, 1.165) is 0 Å². The molecule has 0 aliphatic carbocycles. The van der Waals surface area contributed by atoms with Gasteiger partial charge in [-0.3, -0.25) is 4.79 Å². The molecule has 0 N–H and O–H groups in total. The highest BCUT2D eigenvalue weighted by molar-refractivity contribution is 7.80. The lowest BCUT2D eigenvalue weighted by molar-refractivity contribution is -0.131. The largest absolute Gasteiger partial charge is 0.427 e. The molecule has 0 unspecified atom stereocenters. The van der Waals surface area contributed by atoms with Crippen molar-refractivity contribution >= 4 is 18.5 Å². The Morgan fingerprint density at radius 2 is 1.93 bits per heavy atom. The highest BCUT2D eigenvalue weighted by atomic mass is 31.2. The Bertz CT molecular complexity index is 339. The number of carbonyl (C=O) groups is 1. The van der Waals surface area contributed by atoms with E-state index >= 15 is 0 Å². The fourth-order valence-corrected chi connectivity index (χ4v) is 2.18. The molecule has 1 rings (SSSR count). The van der Waals surface area contributed by atoms with Crippen molar-refractivity contribution in [3.8, 4) is 5.75 Å². The van der Waals surface area contributed by atoms with E-state index in [1.807, 2.05) is 12.1 Å². The van der Waals surface area contributed by atoms with Crippen molar-refractivity contribution in [2.75, 3.05) is 20.0 Å². The van der Waals surface area contributed by atoms with E-state index in [-0.39, 0.29) is 5.97 Å². The first-order valence-corrected chi connectivity index (χ1v) is 7.63. The van der Waals surface area contributed by atoms with Crippen LogP contribution in [0, 0.1) is 0 Å². The third-order valence-electron chi connectivity index (χ3n) is 1.85. The van der Waals surface area contributed by atoms with Crippen LogP contribution in [0.15, 0.2) is 24.3 Å². The predicted molar refractivity (Wildman–Crippen MR) is 62.1 cm³/mol. The smallest absolute Gasteiger partial charge is 0.308 e. The topological polar surface area (TPSA) is 26.3 Å². The van der Waals surface area contributed by atoms with E-state index in [1.54, 1.807) is 6.07 Å². The monoisotopic (exact) mass is 211 g/mol. The molecule has 0 spiro atoms. The van der Waals surface area contributed by atoms with Crippen LogP contribution in [0.25, 0.3) is 0 Å². The summed E-state index contributed by atoms with van der Waals surface area (Å²) < 4.78 is 5.03. The molecule has 0 bridgehead atoms. The van der Waals surface area contributed by atoms with E-state index < -0.39 is 7.26 Å². The Morgan fingerprint density at radius 1 is 1.29 bits per heavy atom. The summed E-state index contributed by atoms with van der Waals surface area (Å²) in [5, 5.41) is 1.27. The van der Waals surface area contributed by atoms with Crippen LogP contribution in [0.2, 0.25) is 0 Å². The number of hydrogen-bond acceptors (Lipinski definition) is 2. The maximum Gasteiger partial charge on any atom is 0.308 e. The summed E-state index contributed by atoms with van der Waals surface area (Å²) in [6.45, 7) is 8.12. The van der Waals surface area contributed by atoms with Gasteiger partial charge in [0.1, 0.15) is 5.75 Å². The van der Waals surface area contributed by atoms with Crippen molar-refractivity contribution in [3.63, 3.8) is 0 Å². The third-order valence-corrected chi connectivity index (χ3v) is 3.68. The van der Waals surface area contributed by atoms with Crippen molar-refractivity contribution in [1.29, 1.82) is 0 Å². The van der Waals surface area contributed by atoms with Crippen LogP contribution in [0.4, 0.5) is 0 Å². The average Bonchev–Trinajstić information content (AvgIpc) is 2.01. The lowest BCUT2D eigenvalue weighted by atomic mass is 10.3. The molecule has 14 heavy (non-hydrogen) atoms. The Hall–Kier alpha value is -0.880. The van der Waals surface area contributed by atoms with E-state index in [4.69, 9.17) is 4.74 Å². The number of ether oxygens (including phenoxy) is 1. The minimum Gasteiger partial charge on any atom is -0.427 e. The highest BCUT2D eigenvalue weighted by Crippen LogP contribution is 2.45. The maximum absolute atomic E-state index is 10.8. The number of rotatable bonds is 2. The molecule has 0 aliphatic heterocycles. The van der Waals surface area contributed by atoms with Gasteiger partial charge in [0.25, 0.3) is 0 Å². The summed E-state index contributed by atoms with van der Waals surface area (Å²) in [5.41, 5.74) is 0. The van der Waals surface area contributed by atoms with Gasteiger partial charge in [-0.1, -0.05) is 6.07 Å². The molecule has 0 heterocycles. The zero-order chi connectivity index (χ0) is 10.8. The number of benzene rings is 1. The second kappa shape index (κ2) is 4.10. The fraction of sp³-hybridized carbons (Fsp3) is 0.364. The van der Waals surface area contributed by atoms with Gasteiger partial charge in [-0.25, -0.2) is 0 Å². The summed E-state index contributed by atoms with van der Waals surface area (Å²) in [6.07, 6.45) is 0. The van der Waals surface area contributed by atoms with Crippen LogP contribution in [0.1, 0.15) is 6.92 Å². The second-order valence-electron chi connectivity index (χ2n) is 4.10. The van der Waals surface area contributed by atoms with Gasteiger partial charge in [0.2, 0.25) is 0 Å². The molecule has 0 atom stereocenters. The zero-order valence-corrected chi connectivity index (χ0v) is 9.97. The Balaban J connectivity index is 2.95. The van der Waals surface area contributed by atoms with Crippen molar-refractivity contribution < 1.29 is 9.53 Å². The Labute approximate surface area is 85.6 Å². The van der Waals surface area contributed by atoms with E-state index in [0.29, 0.717) is 5.75 Å². The normalized spacial score (nSPS) is 11.1. The molecule has 0 aromatic heterocycles. The molecule has 2 nitrogen and oxygen atoms in total. The second-order valence-corrected chi connectivity index (χ2v) is 8.64. The molecule has 3 heteroatoms. The van der Waals surface area contributed by atoms with Gasteiger partial charge < -0.3 is 4.74 Å². The number of esters is 1. The standard InChI is InChI=1S/C11H16O2P/c1-9(12)13-10-6-5-7-11(8-10)14(2,3)4/h5-8H,1-4H3/q+1. The van der Waals surface area contributed by atoms with Crippen LogP contribution in [0.3, 0.4) is 0 Å². The lowest BCUT2D eigenvalue weighted by Gasteiger charge is -2.12.